The van der Waals surface area contributed by atoms with E-state index >= 15 is 0 Å². The molecule has 3 aromatic heterocycles. The van der Waals surface area contributed by atoms with E-state index < -0.39 is 18.2 Å². The van der Waals surface area contributed by atoms with Crippen molar-refractivity contribution in [1.29, 1.82) is 0 Å². The standard InChI is InChI=1S/C13H7ClF3N7O3/c14-8-2-1-4-18-10(8)24-9(27-12(25)26)6-7(20-24)3-5-23-11(13(15,16)17)19-21-22-23/h1-6H,(H,25,26)/b5-3+. The number of rotatable bonds is 4. The fourth-order valence-corrected chi connectivity index (χ4v) is 2.14. The van der Waals surface area contributed by atoms with Crippen LogP contribution in [0.1, 0.15) is 11.5 Å². The van der Waals surface area contributed by atoms with Gasteiger partial charge in [0.15, 0.2) is 5.82 Å². The van der Waals surface area contributed by atoms with Crippen LogP contribution in [0.5, 0.6) is 5.88 Å². The van der Waals surface area contributed by atoms with Crippen molar-refractivity contribution in [2.24, 2.45) is 0 Å². The summed E-state index contributed by atoms with van der Waals surface area (Å²) in [5.41, 5.74) is 0.0385. The molecule has 0 aliphatic carbocycles. The maximum atomic E-state index is 12.8. The molecule has 27 heavy (non-hydrogen) atoms. The summed E-state index contributed by atoms with van der Waals surface area (Å²) in [7, 11) is 0. The largest absolute Gasteiger partial charge is 0.512 e. The van der Waals surface area contributed by atoms with E-state index in [2.05, 4.69) is 30.3 Å². The Bertz CT molecular complexity index is 1010. The summed E-state index contributed by atoms with van der Waals surface area (Å²) < 4.78 is 44.3. The van der Waals surface area contributed by atoms with Crippen LogP contribution >= 0.6 is 11.6 Å². The van der Waals surface area contributed by atoms with Crippen molar-refractivity contribution in [1.82, 2.24) is 35.0 Å². The normalized spacial score (nSPS) is 11.9. The Morgan fingerprint density at radius 2 is 2.15 bits per heavy atom. The van der Waals surface area contributed by atoms with E-state index in [1.54, 1.807) is 6.07 Å². The number of pyridine rings is 1. The topological polar surface area (TPSA) is 121 Å². The SMILES string of the molecule is O=C(O)Oc1cc(/C=C/n2nnnc2C(F)(F)F)nn1-c1ncccc1Cl. The highest BCUT2D eigenvalue weighted by molar-refractivity contribution is 6.32. The van der Waals surface area contributed by atoms with Gasteiger partial charge in [-0.15, -0.1) is 5.10 Å². The highest BCUT2D eigenvalue weighted by Gasteiger charge is 2.37. The fraction of sp³-hybridized carbons (Fsp3) is 0.0769. The van der Waals surface area contributed by atoms with Gasteiger partial charge in [-0.25, -0.2) is 9.78 Å². The fourth-order valence-electron chi connectivity index (χ4n) is 1.94. The molecular formula is C13H7ClF3N7O3. The molecule has 0 radical (unpaired) electrons. The molecule has 0 aliphatic heterocycles. The van der Waals surface area contributed by atoms with Gasteiger partial charge in [-0.3, -0.25) is 0 Å². The third kappa shape index (κ3) is 4.03. The molecule has 14 heteroatoms. The highest BCUT2D eigenvalue weighted by Crippen LogP contribution is 2.27. The first-order chi connectivity index (χ1) is 12.8. The third-order valence-electron chi connectivity index (χ3n) is 2.96. The van der Waals surface area contributed by atoms with E-state index in [1.165, 1.54) is 12.3 Å². The van der Waals surface area contributed by atoms with Crippen molar-refractivity contribution in [2.75, 3.05) is 0 Å². The van der Waals surface area contributed by atoms with Crippen molar-refractivity contribution in [3.05, 3.63) is 40.9 Å². The van der Waals surface area contributed by atoms with Gasteiger partial charge in [-0.2, -0.15) is 27.6 Å². The second-order valence-electron chi connectivity index (χ2n) is 4.76. The lowest BCUT2D eigenvalue weighted by Gasteiger charge is -2.05. The van der Waals surface area contributed by atoms with Gasteiger partial charge >= 0.3 is 12.3 Å². The number of carboxylic acid groups (broad SMARTS) is 1. The molecule has 1 N–H and O–H groups in total. The van der Waals surface area contributed by atoms with E-state index in [9.17, 15) is 18.0 Å². The number of halogens is 4. The summed E-state index contributed by atoms with van der Waals surface area (Å²) in [6.07, 6.45) is -2.97. The lowest BCUT2D eigenvalue weighted by molar-refractivity contribution is -0.146. The molecule has 0 unspecified atom stereocenters. The second-order valence-corrected chi connectivity index (χ2v) is 5.16. The Morgan fingerprint density at radius 3 is 2.81 bits per heavy atom. The first-order valence-corrected chi connectivity index (χ1v) is 7.28. The molecule has 3 heterocycles. The molecule has 10 nitrogen and oxygen atoms in total. The highest BCUT2D eigenvalue weighted by atomic mass is 35.5. The van der Waals surface area contributed by atoms with Gasteiger partial charge in [-0.1, -0.05) is 11.6 Å². The Hall–Kier alpha value is -3.48. The zero-order valence-electron chi connectivity index (χ0n) is 12.9. The quantitative estimate of drug-likeness (QED) is 0.662. The zero-order chi connectivity index (χ0) is 19.6. The molecule has 0 amide bonds. The minimum atomic E-state index is -4.76. The summed E-state index contributed by atoms with van der Waals surface area (Å²) >= 11 is 6.01. The first-order valence-electron chi connectivity index (χ1n) is 6.90. The number of alkyl halides is 3. The zero-order valence-corrected chi connectivity index (χ0v) is 13.6. The van der Waals surface area contributed by atoms with Crippen molar-refractivity contribution in [3.63, 3.8) is 0 Å². The van der Waals surface area contributed by atoms with Crippen molar-refractivity contribution in [2.45, 2.75) is 6.18 Å². The summed E-state index contributed by atoms with van der Waals surface area (Å²) in [5, 5.41) is 22.0. The van der Waals surface area contributed by atoms with Crippen LogP contribution in [0.25, 0.3) is 18.1 Å². The minimum Gasteiger partial charge on any atom is -0.449 e. The van der Waals surface area contributed by atoms with Gasteiger partial charge in [0.05, 0.1) is 10.7 Å². The number of tetrazole rings is 1. The molecule has 0 saturated carbocycles. The van der Waals surface area contributed by atoms with Crippen LogP contribution in [0.4, 0.5) is 18.0 Å². The summed E-state index contributed by atoms with van der Waals surface area (Å²) in [6, 6.07) is 4.19. The van der Waals surface area contributed by atoms with Crippen molar-refractivity contribution < 1.29 is 27.8 Å². The minimum absolute atomic E-state index is 0.0385. The average molecular weight is 402 g/mol. The molecule has 0 bridgehead atoms. The number of nitrogens with zero attached hydrogens (tertiary/aromatic N) is 7. The number of aromatic nitrogens is 7. The van der Waals surface area contributed by atoms with E-state index in [1.807, 2.05) is 0 Å². The molecule has 0 fully saturated rings. The molecular weight excluding hydrogens is 395 g/mol. The predicted octanol–water partition coefficient (Wildman–Crippen LogP) is 2.61. The van der Waals surface area contributed by atoms with Gasteiger partial charge in [0, 0.05) is 18.5 Å². The van der Waals surface area contributed by atoms with E-state index in [4.69, 9.17) is 16.7 Å². The molecule has 0 aromatic carbocycles. The lowest BCUT2D eigenvalue weighted by atomic mass is 10.4. The molecule has 0 saturated heterocycles. The summed E-state index contributed by atoms with van der Waals surface area (Å²) in [5.74, 6) is -1.54. The van der Waals surface area contributed by atoms with Crippen LogP contribution in [-0.2, 0) is 6.18 Å². The van der Waals surface area contributed by atoms with Crippen LogP contribution < -0.4 is 4.74 Å². The first kappa shape index (κ1) is 18.3. The Balaban J connectivity index is 1.99. The molecule has 0 atom stereocenters. The number of ether oxygens (including phenoxy) is 1. The van der Waals surface area contributed by atoms with E-state index in [0.29, 0.717) is 4.68 Å². The Morgan fingerprint density at radius 1 is 1.37 bits per heavy atom. The molecule has 0 spiro atoms. The van der Waals surface area contributed by atoms with E-state index in [0.717, 1.165) is 23.0 Å². The van der Waals surface area contributed by atoms with Gasteiger partial charge in [0.25, 0.3) is 5.82 Å². The summed E-state index contributed by atoms with van der Waals surface area (Å²) in [6.45, 7) is 0. The van der Waals surface area contributed by atoms with Gasteiger partial charge in [0.1, 0.15) is 0 Å². The van der Waals surface area contributed by atoms with Crippen LogP contribution in [0.3, 0.4) is 0 Å². The third-order valence-corrected chi connectivity index (χ3v) is 3.26. The Labute approximate surface area is 152 Å². The monoisotopic (exact) mass is 401 g/mol. The van der Waals surface area contributed by atoms with E-state index in [-0.39, 0.29) is 22.4 Å². The maximum Gasteiger partial charge on any atom is 0.512 e. The van der Waals surface area contributed by atoms with Gasteiger partial charge in [-0.05, 0) is 28.6 Å². The molecule has 140 valence electrons. The van der Waals surface area contributed by atoms with Crippen molar-refractivity contribution in [3.8, 4) is 11.7 Å². The Kier molecular flexibility index (Phi) is 4.77. The number of hydrogen-bond donors (Lipinski definition) is 1. The van der Waals surface area contributed by atoms with Crippen LogP contribution in [-0.4, -0.2) is 46.2 Å². The second kappa shape index (κ2) is 7.03. The maximum absolute atomic E-state index is 12.8. The average Bonchev–Trinajstić information content (AvgIpc) is 3.19. The summed E-state index contributed by atoms with van der Waals surface area (Å²) in [4.78, 5) is 14.8. The van der Waals surface area contributed by atoms with Crippen molar-refractivity contribution >= 4 is 30.0 Å². The van der Waals surface area contributed by atoms with Crippen LogP contribution in [0, 0.1) is 0 Å². The molecule has 0 aliphatic rings. The predicted molar refractivity (Wildman–Crippen MR) is 83.1 cm³/mol. The lowest BCUT2D eigenvalue weighted by Crippen LogP contribution is -2.12. The van der Waals surface area contributed by atoms with Crippen LogP contribution in [0.2, 0.25) is 5.02 Å². The number of hydrogen-bond acceptors (Lipinski definition) is 7. The van der Waals surface area contributed by atoms with Gasteiger partial charge < -0.3 is 9.84 Å². The molecule has 3 rings (SSSR count). The number of carbonyl (C=O) groups is 1. The smallest absolute Gasteiger partial charge is 0.449 e. The molecule has 3 aromatic rings. The van der Waals surface area contributed by atoms with Gasteiger partial charge in [0.2, 0.25) is 5.88 Å². The van der Waals surface area contributed by atoms with Crippen LogP contribution in [0.15, 0.2) is 24.4 Å².